The smallest absolute Gasteiger partial charge is 0.335 e. The Bertz CT molecular complexity index is 379. The highest BCUT2D eigenvalue weighted by Gasteiger charge is 2.06. The highest BCUT2D eigenvalue weighted by molar-refractivity contribution is 5.87. The van der Waals surface area contributed by atoms with Crippen molar-refractivity contribution in [1.29, 1.82) is 0 Å². The summed E-state index contributed by atoms with van der Waals surface area (Å²) in [6, 6.07) is 6.94. The van der Waals surface area contributed by atoms with E-state index in [0.717, 1.165) is 24.9 Å². The lowest BCUT2D eigenvalue weighted by Crippen LogP contribution is -2.23. The molecule has 0 aliphatic carbocycles. The lowest BCUT2D eigenvalue weighted by atomic mass is 10.0. The van der Waals surface area contributed by atoms with Gasteiger partial charge in [-0.3, -0.25) is 0 Å². The molecular weight excluding hydrogens is 230 g/mol. The summed E-state index contributed by atoms with van der Waals surface area (Å²) in [6.45, 7) is 3.82. The highest BCUT2D eigenvalue weighted by atomic mass is 16.4. The van der Waals surface area contributed by atoms with E-state index in [2.05, 4.69) is 12.2 Å². The molecule has 0 heterocycles. The van der Waals surface area contributed by atoms with Crippen molar-refractivity contribution in [3.05, 3.63) is 35.4 Å². The molecule has 1 unspecified atom stereocenters. The van der Waals surface area contributed by atoms with Crippen molar-refractivity contribution >= 4 is 5.97 Å². The Hall–Kier alpha value is -1.39. The van der Waals surface area contributed by atoms with Crippen LogP contribution < -0.4 is 5.32 Å². The van der Waals surface area contributed by atoms with Crippen LogP contribution in [0.3, 0.4) is 0 Å². The number of aliphatic hydroxyl groups is 1. The first-order chi connectivity index (χ1) is 8.67. The molecule has 0 saturated heterocycles. The Kier molecular flexibility index (Phi) is 6.39. The molecule has 1 aromatic rings. The zero-order chi connectivity index (χ0) is 13.4. The lowest BCUT2D eigenvalue weighted by Gasteiger charge is -2.14. The van der Waals surface area contributed by atoms with E-state index in [4.69, 9.17) is 10.2 Å². The van der Waals surface area contributed by atoms with Crippen LogP contribution in [0.4, 0.5) is 0 Å². The van der Waals surface area contributed by atoms with Crippen molar-refractivity contribution in [2.45, 2.75) is 26.3 Å². The standard InChI is InChI=1S/C14H21NO3/c1-2-11(6-7-16)9-15-10-12-4-3-5-13(8-12)14(17)18/h3-5,8,11,15-16H,2,6-7,9-10H2,1H3,(H,17,18). The number of carboxylic acids is 1. The van der Waals surface area contributed by atoms with E-state index >= 15 is 0 Å². The van der Waals surface area contributed by atoms with Gasteiger partial charge >= 0.3 is 5.97 Å². The maximum atomic E-state index is 10.8. The molecule has 0 aliphatic rings. The summed E-state index contributed by atoms with van der Waals surface area (Å²) in [5, 5.41) is 21.1. The van der Waals surface area contributed by atoms with Crippen LogP contribution in [0.2, 0.25) is 0 Å². The van der Waals surface area contributed by atoms with Gasteiger partial charge in [0.1, 0.15) is 0 Å². The lowest BCUT2D eigenvalue weighted by molar-refractivity contribution is 0.0696. The van der Waals surface area contributed by atoms with Crippen molar-refractivity contribution in [3.63, 3.8) is 0 Å². The minimum Gasteiger partial charge on any atom is -0.478 e. The average molecular weight is 251 g/mol. The minimum absolute atomic E-state index is 0.217. The molecule has 0 aromatic heterocycles. The van der Waals surface area contributed by atoms with Crippen LogP contribution in [0.5, 0.6) is 0 Å². The molecule has 0 radical (unpaired) electrons. The molecule has 0 amide bonds. The second-order valence-corrected chi connectivity index (χ2v) is 4.42. The van der Waals surface area contributed by atoms with Gasteiger partial charge < -0.3 is 15.5 Å². The Morgan fingerprint density at radius 2 is 2.22 bits per heavy atom. The number of aliphatic hydroxyl groups excluding tert-OH is 1. The number of hydrogen-bond acceptors (Lipinski definition) is 3. The van der Waals surface area contributed by atoms with E-state index in [-0.39, 0.29) is 6.61 Å². The zero-order valence-electron chi connectivity index (χ0n) is 10.7. The normalized spacial score (nSPS) is 12.3. The molecule has 18 heavy (non-hydrogen) atoms. The van der Waals surface area contributed by atoms with Gasteiger partial charge in [0, 0.05) is 13.2 Å². The van der Waals surface area contributed by atoms with Gasteiger partial charge in [-0.2, -0.15) is 0 Å². The maximum absolute atomic E-state index is 10.8. The second kappa shape index (κ2) is 7.84. The summed E-state index contributed by atoms with van der Waals surface area (Å²) in [6.07, 6.45) is 1.83. The van der Waals surface area contributed by atoms with Crippen LogP contribution in [-0.2, 0) is 6.54 Å². The molecule has 4 nitrogen and oxygen atoms in total. The van der Waals surface area contributed by atoms with Gasteiger partial charge in [-0.25, -0.2) is 4.79 Å². The van der Waals surface area contributed by atoms with E-state index in [9.17, 15) is 4.79 Å². The molecule has 3 N–H and O–H groups in total. The number of rotatable bonds is 8. The van der Waals surface area contributed by atoms with E-state index < -0.39 is 5.97 Å². The Balaban J connectivity index is 2.43. The topological polar surface area (TPSA) is 69.6 Å². The Labute approximate surface area is 108 Å². The van der Waals surface area contributed by atoms with Crippen molar-refractivity contribution in [2.75, 3.05) is 13.2 Å². The summed E-state index contributed by atoms with van der Waals surface area (Å²) in [5.41, 5.74) is 1.28. The van der Waals surface area contributed by atoms with Crippen molar-refractivity contribution < 1.29 is 15.0 Å². The first kappa shape index (κ1) is 14.7. The third-order valence-corrected chi connectivity index (χ3v) is 3.05. The quantitative estimate of drug-likeness (QED) is 0.660. The Morgan fingerprint density at radius 1 is 1.44 bits per heavy atom. The molecule has 0 spiro atoms. The van der Waals surface area contributed by atoms with Gasteiger partial charge in [-0.15, -0.1) is 0 Å². The molecule has 0 fully saturated rings. The first-order valence-electron chi connectivity index (χ1n) is 6.31. The molecular formula is C14H21NO3. The predicted molar refractivity (Wildman–Crippen MR) is 70.6 cm³/mol. The number of hydrogen-bond donors (Lipinski definition) is 3. The first-order valence-corrected chi connectivity index (χ1v) is 6.31. The predicted octanol–water partition coefficient (Wildman–Crippen LogP) is 1.88. The van der Waals surface area contributed by atoms with Crippen LogP contribution >= 0.6 is 0 Å². The number of aromatic carboxylic acids is 1. The molecule has 1 aromatic carbocycles. The third kappa shape index (κ3) is 4.85. The largest absolute Gasteiger partial charge is 0.478 e. The van der Waals surface area contributed by atoms with Crippen LogP contribution in [0.1, 0.15) is 35.7 Å². The molecule has 4 heteroatoms. The molecule has 0 bridgehead atoms. The van der Waals surface area contributed by atoms with Gasteiger partial charge in [0.25, 0.3) is 0 Å². The maximum Gasteiger partial charge on any atom is 0.335 e. The fourth-order valence-electron chi connectivity index (χ4n) is 1.87. The van der Waals surface area contributed by atoms with Crippen LogP contribution in [0, 0.1) is 5.92 Å². The van der Waals surface area contributed by atoms with Gasteiger partial charge in [-0.05, 0) is 36.6 Å². The van der Waals surface area contributed by atoms with Crippen molar-refractivity contribution in [1.82, 2.24) is 5.32 Å². The van der Waals surface area contributed by atoms with Gasteiger partial charge in [-0.1, -0.05) is 25.5 Å². The summed E-state index contributed by atoms with van der Waals surface area (Å²) in [5.74, 6) is -0.429. The monoisotopic (exact) mass is 251 g/mol. The number of nitrogens with one attached hydrogen (secondary N) is 1. The Morgan fingerprint density at radius 3 is 2.83 bits per heavy atom. The van der Waals surface area contributed by atoms with E-state index in [1.807, 2.05) is 6.07 Å². The van der Waals surface area contributed by atoms with Crippen molar-refractivity contribution in [2.24, 2.45) is 5.92 Å². The number of carboxylic acid groups (broad SMARTS) is 1. The van der Waals surface area contributed by atoms with Crippen LogP contribution in [-0.4, -0.2) is 29.3 Å². The number of benzene rings is 1. The summed E-state index contributed by atoms with van der Waals surface area (Å²) < 4.78 is 0. The second-order valence-electron chi connectivity index (χ2n) is 4.42. The average Bonchev–Trinajstić information content (AvgIpc) is 2.38. The summed E-state index contributed by atoms with van der Waals surface area (Å²) in [4.78, 5) is 10.8. The van der Waals surface area contributed by atoms with Crippen molar-refractivity contribution in [3.8, 4) is 0 Å². The van der Waals surface area contributed by atoms with E-state index in [1.54, 1.807) is 18.2 Å². The SMILES string of the molecule is CCC(CCO)CNCc1cccc(C(=O)O)c1. The fourth-order valence-corrected chi connectivity index (χ4v) is 1.87. The number of carbonyl (C=O) groups is 1. The molecule has 1 atom stereocenters. The molecule has 1 rings (SSSR count). The van der Waals surface area contributed by atoms with Gasteiger partial charge in [0.15, 0.2) is 0 Å². The summed E-state index contributed by atoms with van der Waals surface area (Å²) >= 11 is 0. The van der Waals surface area contributed by atoms with Crippen LogP contribution in [0.15, 0.2) is 24.3 Å². The molecule has 0 aliphatic heterocycles. The molecule has 0 saturated carbocycles. The summed E-state index contributed by atoms with van der Waals surface area (Å²) in [7, 11) is 0. The minimum atomic E-state index is -0.899. The zero-order valence-corrected chi connectivity index (χ0v) is 10.7. The van der Waals surface area contributed by atoms with Gasteiger partial charge in [0.2, 0.25) is 0 Å². The van der Waals surface area contributed by atoms with E-state index in [1.165, 1.54) is 0 Å². The van der Waals surface area contributed by atoms with Gasteiger partial charge in [0.05, 0.1) is 5.56 Å². The third-order valence-electron chi connectivity index (χ3n) is 3.05. The van der Waals surface area contributed by atoms with E-state index in [0.29, 0.717) is 18.0 Å². The fraction of sp³-hybridized carbons (Fsp3) is 0.500. The van der Waals surface area contributed by atoms with Crippen LogP contribution in [0.25, 0.3) is 0 Å². The molecule has 100 valence electrons. The highest BCUT2D eigenvalue weighted by Crippen LogP contribution is 2.08.